The Hall–Kier alpha value is -2.60. The van der Waals surface area contributed by atoms with Gasteiger partial charge in [-0.25, -0.2) is 0 Å². The van der Waals surface area contributed by atoms with E-state index in [1.165, 1.54) is 0 Å². The average molecular weight is 444 g/mol. The van der Waals surface area contributed by atoms with Crippen LogP contribution in [-0.2, 0) is 4.79 Å². The first-order valence-electron chi connectivity index (χ1n) is 9.16. The maximum absolute atomic E-state index is 12.5. The quantitative estimate of drug-likeness (QED) is 0.470. The monoisotopic (exact) mass is 443 g/mol. The van der Waals surface area contributed by atoms with Gasteiger partial charge in [-0.05, 0) is 70.7 Å². The van der Waals surface area contributed by atoms with Gasteiger partial charge in [0.15, 0.2) is 17.3 Å². The van der Waals surface area contributed by atoms with E-state index >= 15 is 0 Å². The highest BCUT2D eigenvalue weighted by atomic mass is 79.9. The summed E-state index contributed by atoms with van der Waals surface area (Å²) >= 11 is 3.31. The molecule has 28 heavy (non-hydrogen) atoms. The lowest BCUT2D eigenvalue weighted by atomic mass is 9.96. The van der Waals surface area contributed by atoms with Gasteiger partial charge >= 0.3 is 0 Å². The molecule has 2 aromatic carbocycles. The van der Waals surface area contributed by atoms with Gasteiger partial charge in [-0.3, -0.25) is 9.59 Å². The summed E-state index contributed by atoms with van der Waals surface area (Å²) in [5, 5.41) is 12.9. The zero-order valence-electron chi connectivity index (χ0n) is 16.0. The van der Waals surface area contributed by atoms with E-state index in [1.54, 1.807) is 36.4 Å². The molecule has 0 bridgehead atoms. The van der Waals surface area contributed by atoms with Crippen molar-refractivity contribution in [2.45, 2.75) is 27.2 Å². The van der Waals surface area contributed by atoms with Crippen LogP contribution in [0.25, 0.3) is 11.6 Å². The number of aromatic hydroxyl groups is 1. The first-order chi connectivity index (χ1) is 13.3. The smallest absolute Gasteiger partial charge is 0.256 e. The molecule has 146 valence electrons. The Kier molecular flexibility index (Phi) is 5.89. The van der Waals surface area contributed by atoms with Gasteiger partial charge in [0.25, 0.3) is 5.91 Å². The molecule has 6 heteroatoms. The molecule has 1 aliphatic heterocycles. The maximum Gasteiger partial charge on any atom is 0.256 e. The molecular formula is C22H22BrNO4. The molecule has 0 saturated heterocycles. The number of phenols is 1. The van der Waals surface area contributed by atoms with E-state index in [2.05, 4.69) is 21.2 Å². The molecule has 0 spiro atoms. The Labute approximate surface area is 172 Å². The van der Waals surface area contributed by atoms with Crippen LogP contribution < -0.4 is 10.1 Å². The number of carbonyl (C=O) groups excluding carboxylic acids is 2. The third kappa shape index (κ3) is 4.12. The van der Waals surface area contributed by atoms with E-state index in [0.717, 1.165) is 0 Å². The highest BCUT2D eigenvalue weighted by molar-refractivity contribution is 9.10. The number of ketones is 1. The fourth-order valence-electron chi connectivity index (χ4n) is 3.10. The molecule has 0 unspecified atom stereocenters. The molecule has 1 heterocycles. The Morgan fingerprint density at radius 3 is 2.71 bits per heavy atom. The van der Waals surface area contributed by atoms with Crippen molar-refractivity contribution in [3.8, 4) is 11.5 Å². The maximum atomic E-state index is 12.5. The largest absolute Gasteiger partial charge is 0.503 e. The first-order valence-corrected chi connectivity index (χ1v) is 9.95. The summed E-state index contributed by atoms with van der Waals surface area (Å²) in [4.78, 5) is 24.9. The lowest BCUT2D eigenvalue weighted by Gasteiger charge is -2.09. The van der Waals surface area contributed by atoms with Crippen LogP contribution in [0.15, 0.2) is 34.8 Å². The normalized spacial score (nSPS) is 14.3. The van der Waals surface area contributed by atoms with E-state index in [1.807, 2.05) is 20.8 Å². The van der Waals surface area contributed by atoms with Crippen molar-refractivity contribution < 1.29 is 19.4 Å². The molecule has 1 amide bonds. The fourth-order valence-corrected chi connectivity index (χ4v) is 3.56. The minimum absolute atomic E-state index is 0.0156. The minimum atomic E-state index is -0.231. The number of hydrogen-bond donors (Lipinski definition) is 2. The van der Waals surface area contributed by atoms with Crippen LogP contribution in [0.5, 0.6) is 11.5 Å². The SMILES string of the molecule is CCOc1cc(C=C2C(=O)Nc3ccc(C(=O)CC(C)C)cc32)cc(Br)c1O. The first kappa shape index (κ1) is 20.1. The summed E-state index contributed by atoms with van der Waals surface area (Å²) in [6, 6.07) is 8.67. The summed E-state index contributed by atoms with van der Waals surface area (Å²) in [7, 11) is 0. The van der Waals surface area contributed by atoms with Gasteiger partial charge in [0.05, 0.1) is 11.1 Å². The second kappa shape index (κ2) is 8.19. The van der Waals surface area contributed by atoms with Gasteiger partial charge in [0, 0.05) is 28.8 Å². The van der Waals surface area contributed by atoms with Crippen molar-refractivity contribution >= 4 is 45.0 Å². The van der Waals surface area contributed by atoms with Crippen molar-refractivity contribution in [3.05, 3.63) is 51.5 Å². The number of hydrogen-bond acceptors (Lipinski definition) is 4. The Bertz CT molecular complexity index is 979. The highest BCUT2D eigenvalue weighted by Crippen LogP contribution is 2.38. The van der Waals surface area contributed by atoms with Crippen LogP contribution >= 0.6 is 15.9 Å². The van der Waals surface area contributed by atoms with E-state index in [9.17, 15) is 14.7 Å². The number of fused-ring (bicyclic) bond motifs is 1. The van der Waals surface area contributed by atoms with Crippen LogP contribution in [-0.4, -0.2) is 23.4 Å². The number of ether oxygens (including phenoxy) is 1. The van der Waals surface area contributed by atoms with E-state index < -0.39 is 0 Å². The zero-order valence-corrected chi connectivity index (χ0v) is 17.6. The van der Waals surface area contributed by atoms with Crippen LogP contribution in [0.4, 0.5) is 5.69 Å². The predicted octanol–water partition coefficient (Wildman–Crippen LogP) is 5.27. The van der Waals surface area contributed by atoms with Crippen LogP contribution in [0.3, 0.4) is 0 Å². The third-order valence-electron chi connectivity index (χ3n) is 4.38. The topological polar surface area (TPSA) is 75.6 Å². The second-order valence-corrected chi connectivity index (χ2v) is 7.93. The molecule has 3 rings (SSSR count). The highest BCUT2D eigenvalue weighted by Gasteiger charge is 2.25. The van der Waals surface area contributed by atoms with Gasteiger partial charge < -0.3 is 15.2 Å². The van der Waals surface area contributed by atoms with E-state index in [4.69, 9.17) is 4.74 Å². The standard InChI is InChI=1S/C22H22BrNO4/c1-4-28-20-10-13(9-17(23)21(20)26)8-16-15-11-14(19(25)7-12(2)3)5-6-18(15)24-22(16)27/h5-6,8-12,26H,4,7H2,1-3H3,(H,24,27). The van der Waals surface area contributed by atoms with Crippen LogP contribution in [0.1, 0.15) is 48.7 Å². The molecule has 1 aliphatic rings. The Morgan fingerprint density at radius 2 is 2.04 bits per heavy atom. The minimum Gasteiger partial charge on any atom is -0.503 e. The van der Waals surface area contributed by atoms with Crippen LogP contribution in [0, 0.1) is 5.92 Å². The number of phenolic OH excluding ortho intramolecular Hbond substituents is 1. The molecule has 0 aliphatic carbocycles. The lowest BCUT2D eigenvalue weighted by molar-refractivity contribution is -0.110. The molecule has 2 N–H and O–H groups in total. The van der Waals surface area contributed by atoms with Gasteiger partial charge in [-0.15, -0.1) is 0 Å². The van der Waals surface area contributed by atoms with Gasteiger partial charge in [-0.2, -0.15) is 0 Å². The van der Waals surface area contributed by atoms with Crippen molar-refractivity contribution in [2.24, 2.45) is 5.92 Å². The number of halogens is 1. The number of amides is 1. The van der Waals surface area contributed by atoms with Gasteiger partial charge in [0.2, 0.25) is 0 Å². The summed E-state index contributed by atoms with van der Waals surface area (Å²) in [6.45, 7) is 6.24. The second-order valence-electron chi connectivity index (χ2n) is 7.08. The summed E-state index contributed by atoms with van der Waals surface area (Å²) in [5.41, 5.74) is 3.14. The Balaban J connectivity index is 2.03. The molecule has 0 saturated carbocycles. The third-order valence-corrected chi connectivity index (χ3v) is 4.98. The molecule has 0 fully saturated rings. The van der Waals surface area contributed by atoms with Crippen molar-refractivity contribution in [1.29, 1.82) is 0 Å². The summed E-state index contributed by atoms with van der Waals surface area (Å²) < 4.78 is 5.93. The van der Waals surface area contributed by atoms with Crippen molar-refractivity contribution in [2.75, 3.05) is 11.9 Å². The number of anilines is 1. The van der Waals surface area contributed by atoms with Gasteiger partial charge in [0.1, 0.15) is 0 Å². The van der Waals surface area contributed by atoms with Gasteiger partial charge in [-0.1, -0.05) is 13.8 Å². The van der Waals surface area contributed by atoms with Crippen molar-refractivity contribution in [1.82, 2.24) is 0 Å². The summed E-state index contributed by atoms with van der Waals surface area (Å²) in [5.74, 6) is 0.444. The number of carbonyl (C=O) groups is 2. The lowest BCUT2D eigenvalue weighted by Crippen LogP contribution is -2.03. The number of rotatable bonds is 6. The van der Waals surface area contributed by atoms with Crippen LogP contribution in [0.2, 0.25) is 0 Å². The molecule has 0 radical (unpaired) electrons. The Morgan fingerprint density at radius 1 is 1.29 bits per heavy atom. The van der Waals surface area contributed by atoms with E-state index in [-0.39, 0.29) is 23.4 Å². The van der Waals surface area contributed by atoms with E-state index in [0.29, 0.717) is 51.2 Å². The number of benzene rings is 2. The fraction of sp³-hybridized carbons (Fsp3) is 0.273. The average Bonchev–Trinajstić information content (AvgIpc) is 2.93. The predicted molar refractivity (Wildman–Crippen MR) is 114 cm³/mol. The molecule has 0 aromatic heterocycles. The molecule has 5 nitrogen and oxygen atoms in total. The molecule has 2 aromatic rings. The van der Waals surface area contributed by atoms with Crippen molar-refractivity contribution in [3.63, 3.8) is 0 Å². The number of nitrogens with one attached hydrogen (secondary N) is 1. The summed E-state index contributed by atoms with van der Waals surface area (Å²) in [6.07, 6.45) is 2.19. The number of Topliss-reactive ketones (excluding diaryl/α,β-unsaturated/α-hetero) is 1. The molecule has 0 atom stereocenters. The molecular weight excluding hydrogens is 422 g/mol. The zero-order chi connectivity index (χ0) is 20.4.